The van der Waals surface area contributed by atoms with Crippen molar-refractivity contribution in [2.45, 2.75) is 118 Å². The van der Waals surface area contributed by atoms with Crippen LogP contribution in [0.15, 0.2) is 11.6 Å². The summed E-state index contributed by atoms with van der Waals surface area (Å²) < 4.78 is 16.1. The van der Waals surface area contributed by atoms with Crippen molar-refractivity contribution in [2.75, 3.05) is 27.8 Å². The molecular formula is C30H55N3O7. The van der Waals surface area contributed by atoms with Gasteiger partial charge in [0, 0.05) is 26.7 Å². The lowest BCUT2D eigenvalue weighted by Gasteiger charge is -2.39. The molecule has 0 spiro atoms. The summed E-state index contributed by atoms with van der Waals surface area (Å²) in [5.74, 6) is -1.07. The van der Waals surface area contributed by atoms with E-state index in [1.165, 1.54) is 7.11 Å². The summed E-state index contributed by atoms with van der Waals surface area (Å²) in [5.41, 5.74) is -0.573. The number of aliphatic hydroxyl groups excluding tert-OH is 1. The van der Waals surface area contributed by atoms with E-state index in [4.69, 9.17) is 14.2 Å². The van der Waals surface area contributed by atoms with Crippen LogP contribution in [0.5, 0.6) is 0 Å². The van der Waals surface area contributed by atoms with Crippen molar-refractivity contribution in [3.8, 4) is 0 Å². The van der Waals surface area contributed by atoms with E-state index >= 15 is 0 Å². The third kappa shape index (κ3) is 9.73. The molecule has 1 saturated heterocycles. The van der Waals surface area contributed by atoms with Crippen molar-refractivity contribution in [2.24, 2.45) is 17.3 Å². The molecule has 1 aliphatic heterocycles. The number of likely N-dealkylation sites (N-methyl/N-ethyl adjacent to an activating group) is 1. The number of hydrogen-bond donors (Lipinski definition) is 2. The quantitative estimate of drug-likeness (QED) is 0.284. The fourth-order valence-electron chi connectivity index (χ4n) is 5.28. The van der Waals surface area contributed by atoms with E-state index < -0.39 is 41.4 Å². The van der Waals surface area contributed by atoms with Gasteiger partial charge < -0.3 is 29.5 Å². The van der Waals surface area contributed by atoms with Gasteiger partial charge in [0.25, 0.3) is 0 Å². The molecule has 1 aliphatic rings. The summed E-state index contributed by atoms with van der Waals surface area (Å²) >= 11 is 0. The van der Waals surface area contributed by atoms with Crippen LogP contribution in [0.25, 0.3) is 0 Å². The molecule has 0 aromatic carbocycles. The minimum absolute atomic E-state index is 0.0266. The van der Waals surface area contributed by atoms with Crippen LogP contribution in [-0.4, -0.2) is 96.7 Å². The molecule has 0 radical (unpaired) electrons. The Balaban J connectivity index is 3.23. The van der Waals surface area contributed by atoms with Crippen molar-refractivity contribution < 1.29 is 33.7 Å². The number of likely N-dealkylation sites (tertiary alicyclic amines) is 1. The van der Waals surface area contributed by atoms with Crippen LogP contribution in [0.2, 0.25) is 0 Å². The number of carbonyl (C=O) groups is 3. The van der Waals surface area contributed by atoms with Gasteiger partial charge in [-0.3, -0.25) is 14.5 Å². The molecule has 2 amide bonds. The standard InChI is InChI=1S/C30H55N3O7/c1-18(2)22(32(11)26(35)24(29(5,6)7)31-28(37)40-30(8,9)10)17-19(3)25(34)33-16-14-15-21(33)23(38-12)20(4)27(36)39-13/h17-18,20-25,34H,14-16H2,1-13H3,(H,31,37)/b19-17+/t20-,21+,22-,23-,24-,25?/m1/s1. The van der Waals surface area contributed by atoms with E-state index in [1.807, 2.05) is 52.5 Å². The van der Waals surface area contributed by atoms with E-state index in [-0.39, 0.29) is 29.9 Å². The van der Waals surface area contributed by atoms with Crippen LogP contribution in [0, 0.1) is 17.3 Å². The zero-order valence-electron chi connectivity index (χ0n) is 27.0. The maximum atomic E-state index is 13.8. The van der Waals surface area contributed by atoms with Gasteiger partial charge in [0.15, 0.2) is 0 Å². The molecule has 0 bridgehead atoms. The minimum atomic E-state index is -0.918. The molecule has 10 heteroatoms. The third-order valence-electron chi connectivity index (χ3n) is 7.47. The van der Waals surface area contributed by atoms with E-state index in [2.05, 4.69) is 5.32 Å². The first-order chi connectivity index (χ1) is 18.3. The Morgan fingerprint density at radius 2 is 1.65 bits per heavy atom. The highest BCUT2D eigenvalue weighted by Gasteiger charge is 2.42. The van der Waals surface area contributed by atoms with E-state index in [1.54, 1.807) is 46.8 Å². The Morgan fingerprint density at radius 1 is 1.07 bits per heavy atom. The fourth-order valence-corrected chi connectivity index (χ4v) is 5.28. The van der Waals surface area contributed by atoms with Gasteiger partial charge in [-0.2, -0.15) is 0 Å². The van der Waals surface area contributed by atoms with Crippen molar-refractivity contribution in [3.63, 3.8) is 0 Å². The van der Waals surface area contributed by atoms with Crippen LogP contribution in [-0.2, 0) is 23.8 Å². The summed E-state index contributed by atoms with van der Waals surface area (Å²) in [5, 5.41) is 14.2. The van der Waals surface area contributed by atoms with Crippen molar-refractivity contribution in [1.82, 2.24) is 15.1 Å². The molecule has 1 heterocycles. The lowest BCUT2D eigenvalue weighted by Crippen LogP contribution is -2.57. The van der Waals surface area contributed by atoms with Crippen molar-refractivity contribution in [3.05, 3.63) is 11.6 Å². The molecule has 232 valence electrons. The van der Waals surface area contributed by atoms with Crippen LogP contribution >= 0.6 is 0 Å². The first-order valence-electron chi connectivity index (χ1n) is 14.3. The van der Waals surface area contributed by atoms with E-state index in [9.17, 15) is 19.5 Å². The molecular weight excluding hydrogens is 514 g/mol. The number of esters is 1. The Bertz CT molecular complexity index is 891. The minimum Gasteiger partial charge on any atom is -0.469 e. The second-order valence-corrected chi connectivity index (χ2v) is 13.4. The van der Waals surface area contributed by atoms with Gasteiger partial charge in [0.1, 0.15) is 17.9 Å². The average Bonchev–Trinajstić information content (AvgIpc) is 3.31. The zero-order valence-corrected chi connectivity index (χ0v) is 27.0. The van der Waals surface area contributed by atoms with Crippen LogP contribution in [0.3, 0.4) is 0 Å². The Labute approximate surface area is 241 Å². The number of ether oxygens (including phenoxy) is 3. The highest BCUT2D eigenvalue weighted by atomic mass is 16.6. The molecule has 0 saturated carbocycles. The van der Waals surface area contributed by atoms with E-state index in [0.717, 1.165) is 12.8 Å². The van der Waals surface area contributed by atoms with Gasteiger partial charge in [-0.05, 0) is 64.4 Å². The highest BCUT2D eigenvalue weighted by molar-refractivity contribution is 5.86. The number of nitrogens with zero attached hydrogens (tertiary/aromatic N) is 2. The summed E-state index contributed by atoms with van der Waals surface area (Å²) in [7, 11) is 4.65. The maximum Gasteiger partial charge on any atom is 0.408 e. The number of aliphatic hydroxyl groups is 1. The average molecular weight is 570 g/mol. The Kier molecular flexibility index (Phi) is 13.1. The van der Waals surface area contributed by atoms with Crippen LogP contribution in [0.1, 0.15) is 82.1 Å². The molecule has 1 fully saturated rings. The van der Waals surface area contributed by atoms with Crippen molar-refractivity contribution >= 4 is 18.0 Å². The third-order valence-corrected chi connectivity index (χ3v) is 7.47. The van der Waals surface area contributed by atoms with Gasteiger partial charge in [-0.25, -0.2) is 4.79 Å². The van der Waals surface area contributed by atoms with Gasteiger partial charge in [-0.1, -0.05) is 40.7 Å². The molecule has 40 heavy (non-hydrogen) atoms. The second-order valence-electron chi connectivity index (χ2n) is 13.4. The number of amides is 2. The predicted octanol–water partition coefficient (Wildman–Crippen LogP) is 3.96. The predicted molar refractivity (Wildman–Crippen MR) is 155 cm³/mol. The van der Waals surface area contributed by atoms with Crippen molar-refractivity contribution in [1.29, 1.82) is 0 Å². The lowest BCUT2D eigenvalue weighted by molar-refractivity contribution is -0.152. The molecule has 10 nitrogen and oxygen atoms in total. The van der Waals surface area contributed by atoms with E-state index in [0.29, 0.717) is 12.1 Å². The first kappa shape index (κ1) is 35.9. The number of rotatable bonds is 11. The summed E-state index contributed by atoms with van der Waals surface area (Å²) in [6.07, 6.45) is 1.55. The highest BCUT2D eigenvalue weighted by Crippen LogP contribution is 2.30. The number of carbonyl (C=O) groups excluding carboxylic acids is 3. The Hall–Kier alpha value is -2.17. The summed E-state index contributed by atoms with van der Waals surface area (Å²) in [6, 6.07) is -1.34. The summed E-state index contributed by atoms with van der Waals surface area (Å²) in [6.45, 7) is 19.3. The molecule has 0 aromatic heterocycles. The molecule has 0 aromatic rings. The lowest BCUT2D eigenvalue weighted by atomic mass is 9.85. The first-order valence-corrected chi connectivity index (χ1v) is 14.3. The number of nitrogens with one attached hydrogen (secondary N) is 1. The number of hydrogen-bond acceptors (Lipinski definition) is 8. The molecule has 1 unspecified atom stereocenters. The zero-order chi connectivity index (χ0) is 31.2. The fraction of sp³-hybridized carbons (Fsp3) is 0.833. The summed E-state index contributed by atoms with van der Waals surface area (Å²) in [4.78, 5) is 42.2. The normalized spacial score (nSPS) is 20.9. The van der Waals surface area contributed by atoms with Gasteiger partial charge in [0.2, 0.25) is 5.91 Å². The van der Waals surface area contributed by atoms with Gasteiger partial charge >= 0.3 is 12.1 Å². The SMILES string of the molecule is COC(=O)[C@H](C)[C@@H](OC)[C@@H]1CCCN1C(O)/C(C)=C/[C@H](C(C)C)N(C)C(=O)[C@@H](NC(=O)OC(C)(C)C)C(C)(C)C. The smallest absolute Gasteiger partial charge is 0.408 e. The maximum absolute atomic E-state index is 13.8. The molecule has 0 aliphatic carbocycles. The number of alkyl carbamates (subject to hydrolysis) is 1. The van der Waals surface area contributed by atoms with Crippen LogP contribution in [0.4, 0.5) is 4.79 Å². The largest absolute Gasteiger partial charge is 0.469 e. The molecule has 2 N–H and O–H groups in total. The monoisotopic (exact) mass is 569 g/mol. The number of methoxy groups -OCH3 is 2. The van der Waals surface area contributed by atoms with Gasteiger partial charge in [-0.15, -0.1) is 0 Å². The molecule has 6 atom stereocenters. The van der Waals surface area contributed by atoms with Gasteiger partial charge in [0.05, 0.1) is 25.2 Å². The van der Waals surface area contributed by atoms with Crippen LogP contribution < -0.4 is 5.32 Å². The molecule has 1 rings (SSSR count). The topological polar surface area (TPSA) is 118 Å². The second kappa shape index (κ2) is 14.6. The Morgan fingerprint density at radius 3 is 2.10 bits per heavy atom.